The lowest BCUT2D eigenvalue weighted by molar-refractivity contribution is -0.120. The van der Waals surface area contributed by atoms with Crippen LogP contribution < -0.4 is 10.6 Å². The fraction of sp³-hybridized carbons (Fsp3) is 0.174. The zero-order valence-electron chi connectivity index (χ0n) is 16.2. The summed E-state index contributed by atoms with van der Waals surface area (Å²) in [5.74, 6) is 0.714. The third kappa shape index (κ3) is 4.27. The number of oxazole rings is 1. The van der Waals surface area contributed by atoms with E-state index in [1.165, 1.54) is 0 Å². The molecule has 0 saturated carbocycles. The number of amides is 1. The van der Waals surface area contributed by atoms with Crippen LogP contribution in [-0.2, 0) is 4.79 Å². The molecule has 3 aromatic carbocycles. The standard InChI is InChI=1S/C23H21N3O2S/c1-14(2)12-20(27)25-23(29)24-17-8-5-7-16(13-17)22-26-21-18-9-4-3-6-15(18)10-11-19(21)28-22/h3-11,13-14H,12H2,1-2H3,(H2,24,25,27,29). The third-order valence-corrected chi connectivity index (χ3v) is 4.70. The maximum absolute atomic E-state index is 11.9. The first kappa shape index (κ1) is 19.1. The van der Waals surface area contributed by atoms with Gasteiger partial charge in [0.1, 0.15) is 5.52 Å². The van der Waals surface area contributed by atoms with Crippen LogP contribution in [0.3, 0.4) is 0 Å². The Morgan fingerprint density at radius 1 is 1.10 bits per heavy atom. The molecule has 6 heteroatoms. The van der Waals surface area contributed by atoms with Crippen LogP contribution in [0.4, 0.5) is 5.69 Å². The Labute approximate surface area is 174 Å². The molecule has 0 aliphatic carbocycles. The first-order valence-corrected chi connectivity index (χ1v) is 9.90. The fourth-order valence-electron chi connectivity index (χ4n) is 3.23. The molecular weight excluding hydrogens is 382 g/mol. The molecule has 0 aliphatic heterocycles. The van der Waals surface area contributed by atoms with Crippen LogP contribution in [0, 0.1) is 5.92 Å². The number of anilines is 1. The van der Waals surface area contributed by atoms with Gasteiger partial charge in [-0.05, 0) is 47.8 Å². The van der Waals surface area contributed by atoms with E-state index in [9.17, 15) is 4.79 Å². The number of hydrogen-bond acceptors (Lipinski definition) is 4. The van der Waals surface area contributed by atoms with Crippen molar-refractivity contribution in [1.82, 2.24) is 10.3 Å². The molecule has 146 valence electrons. The van der Waals surface area contributed by atoms with Crippen molar-refractivity contribution in [2.45, 2.75) is 20.3 Å². The van der Waals surface area contributed by atoms with Crippen molar-refractivity contribution in [3.05, 3.63) is 60.7 Å². The van der Waals surface area contributed by atoms with Crippen molar-refractivity contribution in [2.24, 2.45) is 5.92 Å². The molecule has 5 nitrogen and oxygen atoms in total. The minimum Gasteiger partial charge on any atom is -0.436 e. The van der Waals surface area contributed by atoms with E-state index in [0.29, 0.717) is 12.3 Å². The number of carbonyl (C=O) groups is 1. The molecule has 0 unspecified atom stereocenters. The van der Waals surface area contributed by atoms with E-state index in [1.807, 2.05) is 68.4 Å². The van der Waals surface area contributed by atoms with Crippen molar-refractivity contribution in [1.29, 1.82) is 0 Å². The SMILES string of the molecule is CC(C)CC(=O)NC(=S)Nc1cccc(-c2nc3c(ccc4ccccc43)o2)c1. The summed E-state index contributed by atoms with van der Waals surface area (Å²) in [5.41, 5.74) is 3.16. The zero-order chi connectivity index (χ0) is 20.4. The van der Waals surface area contributed by atoms with Gasteiger partial charge in [0, 0.05) is 23.1 Å². The van der Waals surface area contributed by atoms with Crippen LogP contribution in [0.1, 0.15) is 20.3 Å². The molecule has 1 amide bonds. The average molecular weight is 404 g/mol. The van der Waals surface area contributed by atoms with E-state index < -0.39 is 0 Å². The Morgan fingerprint density at radius 2 is 1.93 bits per heavy atom. The van der Waals surface area contributed by atoms with Crippen LogP contribution in [0.5, 0.6) is 0 Å². The van der Waals surface area contributed by atoms with Crippen molar-refractivity contribution < 1.29 is 9.21 Å². The smallest absolute Gasteiger partial charge is 0.227 e. The van der Waals surface area contributed by atoms with Crippen LogP contribution >= 0.6 is 12.2 Å². The summed E-state index contributed by atoms with van der Waals surface area (Å²) in [6.45, 7) is 3.98. The van der Waals surface area contributed by atoms with Gasteiger partial charge in [-0.15, -0.1) is 0 Å². The van der Waals surface area contributed by atoms with Gasteiger partial charge < -0.3 is 15.1 Å². The van der Waals surface area contributed by atoms with Gasteiger partial charge in [-0.3, -0.25) is 4.79 Å². The van der Waals surface area contributed by atoms with Crippen LogP contribution in [0.15, 0.2) is 65.1 Å². The average Bonchev–Trinajstić information content (AvgIpc) is 3.12. The van der Waals surface area contributed by atoms with Gasteiger partial charge >= 0.3 is 0 Å². The van der Waals surface area contributed by atoms with Gasteiger partial charge in [-0.1, -0.05) is 50.2 Å². The van der Waals surface area contributed by atoms with Gasteiger partial charge in [0.25, 0.3) is 0 Å². The number of aromatic nitrogens is 1. The van der Waals surface area contributed by atoms with Crippen molar-refractivity contribution >= 4 is 50.8 Å². The summed E-state index contributed by atoms with van der Waals surface area (Å²) >= 11 is 5.25. The first-order valence-electron chi connectivity index (χ1n) is 9.49. The highest BCUT2D eigenvalue weighted by Gasteiger charge is 2.12. The number of nitrogens with one attached hydrogen (secondary N) is 2. The Kier molecular flexibility index (Phi) is 5.27. The number of nitrogens with zero attached hydrogens (tertiary/aromatic N) is 1. The zero-order valence-corrected chi connectivity index (χ0v) is 17.0. The topological polar surface area (TPSA) is 67.2 Å². The maximum atomic E-state index is 11.9. The molecule has 0 fully saturated rings. The molecule has 1 aromatic heterocycles. The molecule has 4 aromatic rings. The molecule has 0 atom stereocenters. The van der Waals surface area contributed by atoms with E-state index >= 15 is 0 Å². The van der Waals surface area contributed by atoms with E-state index in [0.717, 1.165) is 33.1 Å². The maximum Gasteiger partial charge on any atom is 0.227 e. The minimum atomic E-state index is -0.0977. The predicted octanol–water partition coefficient (Wildman–Crippen LogP) is 5.51. The summed E-state index contributed by atoms with van der Waals surface area (Å²) in [7, 11) is 0. The number of hydrogen-bond donors (Lipinski definition) is 2. The fourth-order valence-corrected chi connectivity index (χ4v) is 3.46. The largest absolute Gasteiger partial charge is 0.436 e. The van der Waals surface area contributed by atoms with Gasteiger partial charge in [-0.25, -0.2) is 4.98 Å². The van der Waals surface area contributed by atoms with Gasteiger partial charge in [0.05, 0.1) is 0 Å². The van der Waals surface area contributed by atoms with Crippen molar-refractivity contribution in [2.75, 3.05) is 5.32 Å². The Balaban J connectivity index is 1.58. The third-order valence-electron chi connectivity index (χ3n) is 4.50. The Hall–Kier alpha value is -3.25. The predicted molar refractivity (Wildman–Crippen MR) is 121 cm³/mol. The Bertz CT molecular complexity index is 1210. The Morgan fingerprint density at radius 3 is 2.76 bits per heavy atom. The summed E-state index contributed by atoms with van der Waals surface area (Å²) in [6.07, 6.45) is 0.429. The number of fused-ring (bicyclic) bond motifs is 3. The molecule has 29 heavy (non-hydrogen) atoms. The van der Waals surface area contributed by atoms with Gasteiger partial charge in [0.15, 0.2) is 10.7 Å². The number of thiocarbonyl (C=S) groups is 1. The molecule has 0 saturated heterocycles. The summed E-state index contributed by atoms with van der Waals surface area (Å²) in [4.78, 5) is 16.6. The van der Waals surface area contributed by atoms with E-state index in [4.69, 9.17) is 21.6 Å². The van der Waals surface area contributed by atoms with Crippen LogP contribution in [0.25, 0.3) is 33.3 Å². The molecule has 1 heterocycles. The summed E-state index contributed by atoms with van der Waals surface area (Å²) in [5, 5.41) is 8.21. The van der Waals surface area contributed by atoms with Crippen molar-refractivity contribution in [3.8, 4) is 11.5 Å². The molecule has 4 rings (SSSR count). The number of rotatable bonds is 4. The van der Waals surface area contributed by atoms with E-state index in [1.54, 1.807) is 0 Å². The van der Waals surface area contributed by atoms with Crippen molar-refractivity contribution in [3.63, 3.8) is 0 Å². The molecule has 2 N–H and O–H groups in total. The normalized spacial score (nSPS) is 11.1. The van der Waals surface area contributed by atoms with Gasteiger partial charge in [-0.2, -0.15) is 0 Å². The van der Waals surface area contributed by atoms with E-state index in [2.05, 4.69) is 16.7 Å². The highest BCUT2D eigenvalue weighted by molar-refractivity contribution is 7.80. The lowest BCUT2D eigenvalue weighted by Gasteiger charge is -2.11. The lowest BCUT2D eigenvalue weighted by Crippen LogP contribution is -2.34. The molecule has 0 bridgehead atoms. The second kappa shape index (κ2) is 8.01. The molecule has 0 aliphatic rings. The molecular formula is C23H21N3O2S. The van der Waals surface area contributed by atoms with Crippen LogP contribution in [0.2, 0.25) is 0 Å². The van der Waals surface area contributed by atoms with E-state index in [-0.39, 0.29) is 16.9 Å². The first-order chi connectivity index (χ1) is 14.0. The lowest BCUT2D eigenvalue weighted by atomic mass is 10.1. The highest BCUT2D eigenvalue weighted by atomic mass is 32.1. The molecule has 0 spiro atoms. The number of benzene rings is 3. The monoisotopic (exact) mass is 403 g/mol. The second-order valence-electron chi connectivity index (χ2n) is 7.33. The quantitative estimate of drug-likeness (QED) is 0.440. The minimum absolute atomic E-state index is 0.0977. The number of carbonyl (C=O) groups excluding carboxylic acids is 1. The second-order valence-corrected chi connectivity index (χ2v) is 7.74. The van der Waals surface area contributed by atoms with Crippen LogP contribution in [-0.4, -0.2) is 16.0 Å². The summed E-state index contributed by atoms with van der Waals surface area (Å²) < 4.78 is 5.99. The van der Waals surface area contributed by atoms with Gasteiger partial charge in [0.2, 0.25) is 11.8 Å². The highest BCUT2D eigenvalue weighted by Crippen LogP contribution is 2.30. The molecule has 0 radical (unpaired) electrons. The summed E-state index contributed by atoms with van der Waals surface area (Å²) in [6, 6.07) is 19.7.